The number of aromatic nitrogens is 2. The monoisotopic (exact) mass is 332 g/mol. The molecule has 0 radical (unpaired) electrons. The van der Waals surface area contributed by atoms with Crippen LogP contribution in [0.5, 0.6) is 0 Å². The molecule has 0 fully saturated rings. The Labute approximate surface area is 128 Å². The molecule has 0 aliphatic heterocycles. The molecule has 0 aliphatic carbocycles. The number of carbonyl (C=O) groups excluding carboxylic acids is 1. The van der Waals surface area contributed by atoms with Gasteiger partial charge in [-0.1, -0.05) is 19.8 Å². The number of carbonyl (C=O) groups is 2. The zero-order chi connectivity index (χ0) is 16.8. The second kappa shape index (κ2) is 7.90. The Hall–Kier alpha value is -1.94. The van der Waals surface area contributed by atoms with Crippen LogP contribution in [0.25, 0.3) is 0 Å². The van der Waals surface area contributed by atoms with Gasteiger partial charge in [0.2, 0.25) is 5.91 Å². The van der Waals surface area contributed by atoms with Crippen molar-refractivity contribution in [3.63, 3.8) is 0 Å². The highest BCUT2D eigenvalue weighted by Gasteiger charge is 2.22. The van der Waals surface area contributed by atoms with Crippen molar-refractivity contribution in [1.82, 2.24) is 19.6 Å². The number of imidazole rings is 1. The van der Waals surface area contributed by atoms with E-state index < -0.39 is 34.5 Å². The van der Waals surface area contributed by atoms with E-state index in [1.54, 1.807) is 7.05 Å². The molecule has 1 atom stereocenters. The summed E-state index contributed by atoms with van der Waals surface area (Å²) in [4.78, 5) is 26.4. The normalized spacial score (nSPS) is 12.8. The summed E-state index contributed by atoms with van der Waals surface area (Å²) in [5.41, 5.74) is 0. The number of aliphatic carboxylic acids is 1. The van der Waals surface area contributed by atoms with Crippen LogP contribution in [-0.4, -0.2) is 47.5 Å². The Balaban J connectivity index is 2.56. The summed E-state index contributed by atoms with van der Waals surface area (Å²) in [7, 11) is -2.28. The van der Waals surface area contributed by atoms with Crippen LogP contribution in [0, 0.1) is 0 Å². The highest BCUT2D eigenvalue weighted by Crippen LogP contribution is 2.04. The van der Waals surface area contributed by atoms with Crippen LogP contribution in [-0.2, 0) is 26.7 Å². The molecule has 0 aliphatic rings. The summed E-state index contributed by atoms with van der Waals surface area (Å²) < 4.78 is 27.3. The lowest BCUT2D eigenvalue weighted by Gasteiger charge is -2.14. The highest BCUT2D eigenvalue weighted by molar-refractivity contribution is 7.89. The number of carboxylic acid groups (broad SMARTS) is 1. The Bertz CT molecular complexity index is 625. The van der Waals surface area contributed by atoms with Gasteiger partial charge in [0, 0.05) is 13.2 Å². The SMILES string of the molecule is CCCCC(NC(=O)CNS(=O)(=O)c1cn(C)cn1)C(=O)O. The minimum absolute atomic E-state index is 0.205. The molecule has 0 aromatic carbocycles. The Morgan fingerprint density at radius 1 is 1.45 bits per heavy atom. The zero-order valence-corrected chi connectivity index (χ0v) is 13.3. The largest absolute Gasteiger partial charge is 0.480 e. The minimum Gasteiger partial charge on any atom is -0.480 e. The number of aryl methyl sites for hydroxylation is 1. The zero-order valence-electron chi connectivity index (χ0n) is 12.4. The Morgan fingerprint density at radius 3 is 2.64 bits per heavy atom. The molecule has 1 amide bonds. The summed E-state index contributed by atoms with van der Waals surface area (Å²) in [6.07, 6.45) is 4.36. The minimum atomic E-state index is -3.90. The molecule has 3 N–H and O–H groups in total. The number of sulfonamides is 1. The number of hydrogen-bond acceptors (Lipinski definition) is 5. The fourth-order valence-electron chi connectivity index (χ4n) is 1.67. The van der Waals surface area contributed by atoms with E-state index in [4.69, 9.17) is 5.11 Å². The summed E-state index contributed by atoms with van der Waals surface area (Å²) >= 11 is 0. The molecule has 1 aromatic heterocycles. The fraction of sp³-hybridized carbons (Fsp3) is 0.583. The lowest BCUT2D eigenvalue weighted by atomic mass is 10.1. The third-order valence-electron chi connectivity index (χ3n) is 2.86. The van der Waals surface area contributed by atoms with Gasteiger partial charge < -0.3 is 15.0 Å². The summed E-state index contributed by atoms with van der Waals surface area (Å²) in [6, 6.07) is -1.02. The molecule has 9 nitrogen and oxygen atoms in total. The first-order valence-electron chi connectivity index (χ1n) is 6.76. The van der Waals surface area contributed by atoms with E-state index in [9.17, 15) is 18.0 Å². The number of nitrogens with zero attached hydrogens (tertiary/aromatic N) is 2. The second-order valence-electron chi connectivity index (χ2n) is 4.80. The van der Waals surface area contributed by atoms with Crippen molar-refractivity contribution >= 4 is 21.9 Å². The summed E-state index contributed by atoms with van der Waals surface area (Å²) in [5, 5.41) is 11.1. The fourth-order valence-corrected chi connectivity index (χ4v) is 2.63. The predicted octanol–water partition coefficient (Wildman–Crippen LogP) is -0.542. The lowest BCUT2D eigenvalue weighted by Crippen LogP contribution is -2.45. The quantitative estimate of drug-likeness (QED) is 0.556. The van der Waals surface area contributed by atoms with Gasteiger partial charge in [-0.15, -0.1) is 0 Å². The number of rotatable bonds is 9. The first-order valence-corrected chi connectivity index (χ1v) is 8.24. The second-order valence-corrected chi connectivity index (χ2v) is 6.52. The van der Waals surface area contributed by atoms with E-state index >= 15 is 0 Å². The maximum absolute atomic E-state index is 11.9. The van der Waals surface area contributed by atoms with Crippen molar-refractivity contribution in [3.8, 4) is 0 Å². The van der Waals surface area contributed by atoms with Crippen molar-refractivity contribution in [3.05, 3.63) is 12.5 Å². The third-order valence-corrected chi connectivity index (χ3v) is 4.14. The maximum atomic E-state index is 11.9. The van der Waals surface area contributed by atoms with E-state index in [0.717, 1.165) is 6.42 Å². The molecule has 1 rings (SSSR count). The van der Waals surface area contributed by atoms with Crippen molar-refractivity contribution in [1.29, 1.82) is 0 Å². The summed E-state index contributed by atoms with van der Waals surface area (Å²) in [6.45, 7) is 1.36. The molecule has 22 heavy (non-hydrogen) atoms. The molecule has 1 heterocycles. The first-order chi connectivity index (χ1) is 10.3. The van der Waals surface area contributed by atoms with Crippen molar-refractivity contribution in [2.45, 2.75) is 37.3 Å². The van der Waals surface area contributed by atoms with Gasteiger partial charge in [-0.3, -0.25) is 4.79 Å². The molecule has 1 unspecified atom stereocenters. The molecule has 124 valence electrons. The van der Waals surface area contributed by atoms with E-state index in [1.165, 1.54) is 17.1 Å². The van der Waals surface area contributed by atoms with Crippen molar-refractivity contribution in [2.75, 3.05) is 6.54 Å². The van der Waals surface area contributed by atoms with E-state index in [1.807, 2.05) is 6.92 Å². The predicted molar refractivity (Wildman–Crippen MR) is 77.5 cm³/mol. The Morgan fingerprint density at radius 2 is 2.14 bits per heavy atom. The van der Waals surface area contributed by atoms with Crippen molar-refractivity contribution < 1.29 is 23.1 Å². The highest BCUT2D eigenvalue weighted by atomic mass is 32.2. The van der Waals surface area contributed by atoms with Crippen molar-refractivity contribution in [2.24, 2.45) is 7.05 Å². The molecular weight excluding hydrogens is 312 g/mol. The van der Waals surface area contributed by atoms with Gasteiger partial charge in [-0.05, 0) is 6.42 Å². The summed E-state index contributed by atoms with van der Waals surface area (Å²) in [5.74, 6) is -1.85. The van der Waals surface area contributed by atoms with Gasteiger partial charge in [-0.25, -0.2) is 22.9 Å². The smallest absolute Gasteiger partial charge is 0.326 e. The molecule has 0 bridgehead atoms. The van der Waals surface area contributed by atoms with Gasteiger partial charge in [0.1, 0.15) is 6.04 Å². The van der Waals surface area contributed by atoms with Crippen LogP contribution in [0.1, 0.15) is 26.2 Å². The average Bonchev–Trinajstić information content (AvgIpc) is 2.88. The van der Waals surface area contributed by atoms with Gasteiger partial charge >= 0.3 is 5.97 Å². The molecule has 1 aromatic rings. The number of carboxylic acids is 1. The van der Waals surface area contributed by atoms with Gasteiger partial charge in [0.15, 0.2) is 5.03 Å². The van der Waals surface area contributed by atoms with Gasteiger partial charge in [0.25, 0.3) is 10.0 Å². The standard InChI is InChI=1S/C12H20N4O5S/c1-3-4-5-9(12(18)19)15-10(17)6-14-22(20,21)11-7-16(2)8-13-11/h7-9,14H,3-6H2,1-2H3,(H,15,17)(H,18,19). The van der Waals surface area contributed by atoms with Crippen LogP contribution >= 0.6 is 0 Å². The first kappa shape index (κ1) is 18.1. The van der Waals surface area contributed by atoms with Crippen LogP contribution < -0.4 is 10.0 Å². The van der Waals surface area contributed by atoms with Crippen LogP contribution in [0.15, 0.2) is 17.6 Å². The van der Waals surface area contributed by atoms with Gasteiger partial charge in [0.05, 0.1) is 12.9 Å². The van der Waals surface area contributed by atoms with E-state index in [-0.39, 0.29) is 5.03 Å². The van der Waals surface area contributed by atoms with Gasteiger partial charge in [-0.2, -0.15) is 0 Å². The topological polar surface area (TPSA) is 130 Å². The number of amides is 1. The lowest BCUT2D eigenvalue weighted by molar-refractivity contribution is -0.141. The van der Waals surface area contributed by atoms with Crippen LogP contribution in [0.4, 0.5) is 0 Å². The maximum Gasteiger partial charge on any atom is 0.326 e. The Kier molecular flexibility index (Phi) is 6.50. The van der Waals surface area contributed by atoms with E-state index in [0.29, 0.717) is 12.8 Å². The number of unbranched alkanes of at least 4 members (excludes halogenated alkanes) is 1. The number of nitrogens with one attached hydrogen (secondary N) is 2. The molecule has 10 heteroatoms. The van der Waals surface area contributed by atoms with Crippen LogP contribution in [0.2, 0.25) is 0 Å². The molecule has 0 saturated heterocycles. The molecule has 0 spiro atoms. The molecule has 0 saturated carbocycles. The number of hydrogen-bond donors (Lipinski definition) is 3. The molecular formula is C12H20N4O5S. The average molecular weight is 332 g/mol. The van der Waals surface area contributed by atoms with Crippen LogP contribution in [0.3, 0.4) is 0 Å². The third kappa shape index (κ3) is 5.45. The van der Waals surface area contributed by atoms with E-state index in [2.05, 4.69) is 15.0 Å².